The van der Waals surface area contributed by atoms with Crippen LogP contribution < -0.4 is 10.1 Å². The second-order valence-electron chi connectivity index (χ2n) is 5.89. The first-order valence-electron chi connectivity index (χ1n) is 7.94. The van der Waals surface area contributed by atoms with E-state index in [1.807, 2.05) is 25.1 Å². The van der Waals surface area contributed by atoms with Crippen LogP contribution in [0.5, 0.6) is 5.75 Å². The summed E-state index contributed by atoms with van der Waals surface area (Å²) in [5.41, 5.74) is 5.85. The number of methoxy groups -OCH3 is 1. The Morgan fingerprint density at radius 3 is 2.83 bits per heavy atom. The quantitative estimate of drug-likeness (QED) is 0.758. The number of imidazole rings is 1. The number of aromatic amines is 1. The number of H-pyrrole nitrogens is 1. The molecule has 3 rings (SSSR count). The van der Waals surface area contributed by atoms with Gasteiger partial charge in [0.1, 0.15) is 5.75 Å². The van der Waals surface area contributed by atoms with Gasteiger partial charge in [0.25, 0.3) is 5.91 Å². The Kier molecular flexibility index (Phi) is 4.51. The first-order valence-corrected chi connectivity index (χ1v) is 7.94. The number of aromatic nitrogens is 2. The van der Waals surface area contributed by atoms with Gasteiger partial charge in [-0.2, -0.15) is 0 Å². The molecule has 124 valence electrons. The van der Waals surface area contributed by atoms with Crippen molar-refractivity contribution in [2.24, 2.45) is 0 Å². The van der Waals surface area contributed by atoms with Crippen LogP contribution in [0.25, 0.3) is 11.0 Å². The lowest BCUT2D eigenvalue weighted by Gasteiger charge is -2.12. The van der Waals surface area contributed by atoms with Crippen LogP contribution in [-0.4, -0.2) is 29.5 Å². The predicted molar refractivity (Wildman–Crippen MR) is 94.6 cm³/mol. The maximum atomic E-state index is 12.3. The molecule has 0 aliphatic carbocycles. The van der Waals surface area contributed by atoms with E-state index in [2.05, 4.69) is 28.3 Å². The van der Waals surface area contributed by atoms with Crippen LogP contribution in [0.4, 0.5) is 0 Å². The summed E-state index contributed by atoms with van der Waals surface area (Å²) >= 11 is 0. The highest BCUT2D eigenvalue weighted by Crippen LogP contribution is 2.22. The molecular weight excluding hydrogens is 302 g/mol. The van der Waals surface area contributed by atoms with Crippen molar-refractivity contribution < 1.29 is 9.53 Å². The number of nitrogens with zero attached hydrogens (tertiary/aromatic N) is 1. The van der Waals surface area contributed by atoms with Gasteiger partial charge in [-0.25, -0.2) is 4.98 Å². The lowest BCUT2D eigenvalue weighted by Crippen LogP contribution is -2.25. The number of nitrogens with one attached hydrogen (secondary N) is 2. The lowest BCUT2D eigenvalue weighted by atomic mass is 10.0. The number of carbonyl (C=O) groups excluding carboxylic acids is 1. The molecule has 1 amide bonds. The van der Waals surface area contributed by atoms with Crippen molar-refractivity contribution in [3.63, 3.8) is 0 Å². The zero-order valence-corrected chi connectivity index (χ0v) is 14.1. The third kappa shape index (κ3) is 3.25. The summed E-state index contributed by atoms with van der Waals surface area (Å²) in [6.07, 6.45) is 2.41. The molecule has 0 radical (unpaired) electrons. The van der Waals surface area contributed by atoms with E-state index < -0.39 is 0 Å². The fourth-order valence-electron chi connectivity index (χ4n) is 2.83. The van der Waals surface area contributed by atoms with Crippen LogP contribution >= 0.6 is 0 Å². The molecule has 0 aliphatic rings. The van der Waals surface area contributed by atoms with Crippen molar-refractivity contribution in [1.82, 2.24) is 15.3 Å². The topological polar surface area (TPSA) is 67.0 Å². The summed E-state index contributed by atoms with van der Waals surface area (Å²) in [5, 5.41) is 2.98. The van der Waals surface area contributed by atoms with Crippen LogP contribution in [0, 0.1) is 13.8 Å². The number of benzene rings is 2. The van der Waals surface area contributed by atoms with Crippen LogP contribution in [0.15, 0.2) is 36.7 Å². The summed E-state index contributed by atoms with van der Waals surface area (Å²) in [4.78, 5) is 19.5. The molecule has 2 N–H and O–H groups in total. The summed E-state index contributed by atoms with van der Waals surface area (Å²) in [7, 11) is 1.68. The van der Waals surface area contributed by atoms with E-state index in [9.17, 15) is 4.79 Å². The van der Waals surface area contributed by atoms with Gasteiger partial charge in [-0.1, -0.05) is 6.07 Å². The molecule has 0 saturated carbocycles. The van der Waals surface area contributed by atoms with Gasteiger partial charge in [0.15, 0.2) is 0 Å². The standard InChI is InChI=1S/C19H21N3O2/c1-12-9-18(24-3)13(2)8-14(12)6-7-20-19(23)15-4-5-16-17(10-15)22-11-21-16/h4-5,8-11H,6-7H2,1-3H3,(H,20,23)(H,21,22). The molecular formula is C19H21N3O2. The molecule has 5 nitrogen and oxygen atoms in total. The average molecular weight is 323 g/mol. The zero-order chi connectivity index (χ0) is 17.1. The van der Waals surface area contributed by atoms with Crippen molar-refractivity contribution in [1.29, 1.82) is 0 Å². The molecule has 5 heteroatoms. The molecule has 2 aromatic carbocycles. The van der Waals surface area contributed by atoms with Gasteiger partial charge in [0.2, 0.25) is 0 Å². The van der Waals surface area contributed by atoms with Gasteiger partial charge in [-0.15, -0.1) is 0 Å². The van der Waals surface area contributed by atoms with Crippen LogP contribution in [0.2, 0.25) is 0 Å². The fourth-order valence-corrected chi connectivity index (χ4v) is 2.83. The Morgan fingerprint density at radius 2 is 2.04 bits per heavy atom. The van der Waals surface area contributed by atoms with Crippen LogP contribution in [0.1, 0.15) is 27.0 Å². The van der Waals surface area contributed by atoms with Crippen LogP contribution in [-0.2, 0) is 6.42 Å². The fraction of sp³-hybridized carbons (Fsp3) is 0.263. The highest BCUT2D eigenvalue weighted by Gasteiger charge is 2.09. The van der Waals surface area contributed by atoms with E-state index in [0.717, 1.165) is 28.8 Å². The second-order valence-corrected chi connectivity index (χ2v) is 5.89. The van der Waals surface area contributed by atoms with Crippen molar-refractivity contribution in [2.45, 2.75) is 20.3 Å². The molecule has 1 heterocycles. The molecule has 0 atom stereocenters. The van der Waals surface area contributed by atoms with E-state index in [4.69, 9.17) is 4.74 Å². The molecule has 0 aliphatic heterocycles. The first-order chi connectivity index (χ1) is 11.6. The number of fused-ring (bicyclic) bond motifs is 1. The van der Waals surface area contributed by atoms with Gasteiger partial charge in [-0.3, -0.25) is 4.79 Å². The molecule has 0 saturated heterocycles. The summed E-state index contributed by atoms with van der Waals surface area (Å²) in [5.74, 6) is 0.822. The Hall–Kier alpha value is -2.82. The number of rotatable bonds is 5. The Balaban J connectivity index is 1.63. The number of hydrogen-bond acceptors (Lipinski definition) is 3. The van der Waals surface area contributed by atoms with Crippen molar-refractivity contribution in [3.8, 4) is 5.75 Å². The highest BCUT2D eigenvalue weighted by atomic mass is 16.5. The zero-order valence-electron chi connectivity index (χ0n) is 14.1. The van der Waals surface area contributed by atoms with Crippen molar-refractivity contribution in [3.05, 3.63) is 58.9 Å². The molecule has 0 bridgehead atoms. The van der Waals surface area contributed by atoms with Gasteiger partial charge in [0.05, 0.1) is 24.5 Å². The molecule has 0 fully saturated rings. The largest absolute Gasteiger partial charge is 0.496 e. The third-order valence-electron chi connectivity index (χ3n) is 4.22. The summed E-state index contributed by atoms with van der Waals surface area (Å²) in [6.45, 7) is 4.68. The number of aryl methyl sites for hydroxylation is 2. The Labute approximate surface area is 141 Å². The SMILES string of the molecule is COc1cc(C)c(CCNC(=O)c2ccc3nc[nH]c3c2)cc1C. The lowest BCUT2D eigenvalue weighted by molar-refractivity contribution is 0.0954. The van der Waals surface area contributed by atoms with Gasteiger partial charge in [0, 0.05) is 12.1 Å². The Morgan fingerprint density at radius 1 is 1.21 bits per heavy atom. The molecule has 24 heavy (non-hydrogen) atoms. The van der Waals surface area contributed by atoms with E-state index in [0.29, 0.717) is 12.1 Å². The minimum Gasteiger partial charge on any atom is -0.496 e. The molecule has 0 spiro atoms. The van der Waals surface area contributed by atoms with E-state index in [1.165, 1.54) is 11.1 Å². The van der Waals surface area contributed by atoms with Crippen LogP contribution in [0.3, 0.4) is 0 Å². The second kappa shape index (κ2) is 6.74. The molecule has 1 aromatic heterocycles. The third-order valence-corrected chi connectivity index (χ3v) is 4.22. The van der Waals surface area contributed by atoms with Crippen molar-refractivity contribution in [2.75, 3.05) is 13.7 Å². The number of amides is 1. The van der Waals surface area contributed by atoms with Gasteiger partial charge < -0.3 is 15.0 Å². The van der Waals surface area contributed by atoms with Gasteiger partial charge >= 0.3 is 0 Å². The first kappa shape index (κ1) is 16.1. The number of hydrogen-bond donors (Lipinski definition) is 2. The number of ether oxygens (including phenoxy) is 1. The number of carbonyl (C=O) groups is 1. The normalized spacial score (nSPS) is 10.8. The van der Waals surface area contributed by atoms with E-state index in [1.54, 1.807) is 19.5 Å². The smallest absolute Gasteiger partial charge is 0.251 e. The molecule has 3 aromatic rings. The maximum Gasteiger partial charge on any atom is 0.251 e. The average Bonchev–Trinajstić information content (AvgIpc) is 3.05. The molecule has 0 unspecified atom stereocenters. The summed E-state index contributed by atoms with van der Waals surface area (Å²) < 4.78 is 5.33. The summed E-state index contributed by atoms with van der Waals surface area (Å²) in [6, 6.07) is 9.62. The van der Waals surface area contributed by atoms with Gasteiger partial charge in [-0.05, 0) is 61.2 Å². The van der Waals surface area contributed by atoms with E-state index >= 15 is 0 Å². The van der Waals surface area contributed by atoms with Crippen molar-refractivity contribution >= 4 is 16.9 Å². The Bertz CT molecular complexity index is 883. The highest BCUT2D eigenvalue weighted by molar-refractivity contribution is 5.97. The maximum absolute atomic E-state index is 12.3. The minimum absolute atomic E-state index is 0.0746. The van der Waals surface area contributed by atoms with E-state index in [-0.39, 0.29) is 5.91 Å². The predicted octanol–water partition coefficient (Wildman–Crippen LogP) is 3.16. The monoisotopic (exact) mass is 323 g/mol. The minimum atomic E-state index is -0.0746.